The van der Waals surface area contributed by atoms with Gasteiger partial charge in [-0.25, -0.2) is 13.1 Å². The molecule has 1 aromatic carbocycles. The van der Waals surface area contributed by atoms with Gasteiger partial charge in [0.05, 0.1) is 4.90 Å². The first-order valence-electron chi connectivity index (χ1n) is 9.24. The van der Waals surface area contributed by atoms with Gasteiger partial charge in [-0.2, -0.15) is 0 Å². The molecule has 0 spiro atoms. The zero-order valence-corrected chi connectivity index (χ0v) is 17.1. The number of nitrogens with zero attached hydrogens (tertiary/aromatic N) is 1. The second-order valence-corrected chi connectivity index (χ2v) is 9.67. The van der Waals surface area contributed by atoms with Gasteiger partial charge >= 0.3 is 0 Å². The molecule has 0 bridgehead atoms. The zero-order chi connectivity index (χ0) is 19.4. The fourth-order valence-electron chi connectivity index (χ4n) is 3.08. The highest BCUT2D eigenvalue weighted by Gasteiger charge is 2.23. The Hall–Kier alpha value is -1.44. The van der Waals surface area contributed by atoms with Crippen molar-refractivity contribution in [2.45, 2.75) is 57.4 Å². The van der Waals surface area contributed by atoms with Gasteiger partial charge < -0.3 is 10.2 Å². The third-order valence-corrected chi connectivity index (χ3v) is 6.12. The van der Waals surface area contributed by atoms with Crippen LogP contribution in [0.4, 0.5) is 0 Å². The van der Waals surface area contributed by atoms with Crippen LogP contribution in [0, 0.1) is 6.92 Å². The van der Waals surface area contributed by atoms with E-state index in [-0.39, 0.29) is 10.8 Å². The molecule has 0 atom stereocenters. The van der Waals surface area contributed by atoms with E-state index in [0.717, 1.165) is 25.2 Å². The molecular formula is C19H31N3O3S. The normalized spacial score (nSPS) is 16.5. The van der Waals surface area contributed by atoms with Crippen LogP contribution < -0.4 is 10.0 Å². The van der Waals surface area contributed by atoms with Crippen LogP contribution in [-0.2, 0) is 10.0 Å². The summed E-state index contributed by atoms with van der Waals surface area (Å²) < 4.78 is 27.6. The first-order valence-corrected chi connectivity index (χ1v) is 10.7. The highest BCUT2D eigenvalue weighted by molar-refractivity contribution is 7.89. The van der Waals surface area contributed by atoms with Gasteiger partial charge in [-0.15, -0.1) is 0 Å². The van der Waals surface area contributed by atoms with Crippen LogP contribution in [0.1, 0.15) is 56.0 Å². The third kappa shape index (κ3) is 6.07. The Bertz CT molecular complexity index is 733. The van der Waals surface area contributed by atoms with Gasteiger partial charge in [-0.05, 0) is 71.3 Å². The number of piperidine rings is 1. The van der Waals surface area contributed by atoms with Gasteiger partial charge in [-0.3, -0.25) is 4.79 Å². The molecule has 6 nitrogen and oxygen atoms in total. The molecule has 1 aliphatic rings. The van der Waals surface area contributed by atoms with Crippen molar-refractivity contribution in [3.05, 3.63) is 29.3 Å². The molecule has 1 heterocycles. The summed E-state index contributed by atoms with van der Waals surface area (Å²) >= 11 is 0. The van der Waals surface area contributed by atoms with Crippen LogP contribution in [0.3, 0.4) is 0 Å². The molecule has 0 radical (unpaired) electrons. The highest BCUT2D eigenvalue weighted by Crippen LogP contribution is 2.17. The van der Waals surface area contributed by atoms with Gasteiger partial charge in [0, 0.05) is 24.2 Å². The van der Waals surface area contributed by atoms with E-state index in [1.54, 1.807) is 26.8 Å². The van der Waals surface area contributed by atoms with Crippen molar-refractivity contribution in [3.8, 4) is 0 Å². The number of carbonyl (C=O) groups is 1. The number of amides is 1. The van der Waals surface area contributed by atoms with E-state index < -0.39 is 15.6 Å². The zero-order valence-electron chi connectivity index (χ0n) is 16.3. The number of hydrogen-bond acceptors (Lipinski definition) is 4. The summed E-state index contributed by atoms with van der Waals surface area (Å²) in [5.74, 6) is -0.229. The molecule has 0 aromatic heterocycles. The maximum atomic E-state index is 12.5. The summed E-state index contributed by atoms with van der Waals surface area (Å²) in [6, 6.07) is 4.67. The molecule has 1 aliphatic heterocycles. The molecule has 1 fully saturated rings. The third-order valence-electron chi connectivity index (χ3n) is 4.37. The van der Waals surface area contributed by atoms with Crippen molar-refractivity contribution < 1.29 is 13.2 Å². The van der Waals surface area contributed by atoms with E-state index >= 15 is 0 Å². The van der Waals surface area contributed by atoms with Crippen molar-refractivity contribution in [1.29, 1.82) is 0 Å². The quantitative estimate of drug-likeness (QED) is 0.792. The lowest BCUT2D eigenvalue weighted by molar-refractivity contribution is 0.0945. The number of rotatable bonds is 6. The maximum Gasteiger partial charge on any atom is 0.251 e. The maximum absolute atomic E-state index is 12.5. The first-order chi connectivity index (χ1) is 12.1. The predicted molar refractivity (Wildman–Crippen MR) is 104 cm³/mol. The Morgan fingerprint density at radius 2 is 1.81 bits per heavy atom. The van der Waals surface area contributed by atoms with Crippen molar-refractivity contribution >= 4 is 15.9 Å². The van der Waals surface area contributed by atoms with Crippen molar-refractivity contribution in [3.63, 3.8) is 0 Å². The fourth-order valence-corrected chi connectivity index (χ4v) is 4.52. The second kappa shape index (κ2) is 8.50. The lowest BCUT2D eigenvalue weighted by atomic mass is 10.1. The van der Waals surface area contributed by atoms with Crippen LogP contribution in [0.2, 0.25) is 0 Å². The number of aryl methyl sites for hydroxylation is 1. The Morgan fingerprint density at radius 3 is 2.42 bits per heavy atom. The van der Waals surface area contributed by atoms with E-state index in [9.17, 15) is 13.2 Å². The molecule has 1 amide bonds. The Kier molecular flexibility index (Phi) is 6.82. The molecule has 0 aliphatic carbocycles. The summed E-state index contributed by atoms with van der Waals surface area (Å²) in [4.78, 5) is 15.0. The highest BCUT2D eigenvalue weighted by atomic mass is 32.2. The number of sulfonamides is 1. The Labute approximate surface area is 157 Å². The van der Waals surface area contributed by atoms with Crippen LogP contribution in [0.25, 0.3) is 0 Å². The molecule has 2 rings (SSSR count). The van der Waals surface area contributed by atoms with Crippen molar-refractivity contribution in [2.75, 3.05) is 26.2 Å². The summed E-state index contributed by atoms with van der Waals surface area (Å²) in [6.45, 7) is 10.7. The minimum absolute atomic E-state index is 0.110. The van der Waals surface area contributed by atoms with E-state index in [2.05, 4.69) is 14.9 Å². The summed E-state index contributed by atoms with van der Waals surface area (Å²) in [6.07, 6.45) is 3.72. The summed E-state index contributed by atoms with van der Waals surface area (Å²) in [5, 5.41) is 2.92. The number of carbonyl (C=O) groups excluding carboxylic acids is 1. The monoisotopic (exact) mass is 381 g/mol. The molecule has 0 saturated carbocycles. The number of benzene rings is 1. The topological polar surface area (TPSA) is 78.5 Å². The smallest absolute Gasteiger partial charge is 0.251 e. The van der Waals surface area contributed by atoms with Crippen molar-refractivity contribution in [1.82, 2.24) is 14.9 Å². The number of hydrogen-bond donors (Lipinski definition) is 2. The van der Waals surface area contributed by atoms with E-state index in [0.29, 0.717) is 12.1 Å². The van der Waals surface area contributed by atoms with Crippen LogP contribution in [-0.4, -0.2) is 50.9 Å². The Morgan fingerprint density at radius 1 is 1.15 bits per heavy atom. The average molecular weight is 382 g/mol. The predicted octanol–water partition coefficient (Wildman–Crippen LogP) is 2.29. The Balaban J connectivity index is 2.05. The first kappa shape index (κ1) is 20.9. The molecule has 7 heteroatoms. The van der Waals surface area contributed by atoms with E-state index in [4.69, 9.17) is 0 Å². The molecule has 1 saturated heterocycles. The fraction of sp³-hybridized carbons (Fsp3) is 0.632. The van der Waals surface area contributed by atoms with Gasteiger partial charge in [-0.1, -0.05) is 12.5 Å². The molecule has 0 unspecified atom stereocenters. The summed E-state index contributed by atoms with van der Waals surface area (Å²) in [7, 11) is -3.67. The average Bonchev–Trinajstić information content (AvgIpc) is 2.53. The minimum Gasteiger partial charge on any atom is -0.351 e. The van der Waals surface area contributed by atoms with Crippen LogP contribution in [0.5, 0.6) is 0 Å². The van der Waals surface area contributed by atoms with Gasteiger partial charge in [0.25, 0.3) is 5.91 Å². The lowest BCUT2D eigenvalue weighted by Crippen LogP contribution is -2.40. The lowest BCUT2D eigenvalue weighted by Gasteiger charge is -2.26. The standard InChI is InChI=1S/C19H31N3O3S/c1-15-8-9-16(26(24,25)21-19(2,3)4)14-17(15)18(23)20-10-13-22-11-6-5-7-12-22/h8-9,14,21H,5-7,10-13H2,1-4H3,(H,20,23). The number of nitrogens with one attached hydrogen (secondary N) is 2. The van der Waals surface area contributed by atoms with E-state index in [1.807, 2.05) is 6.92 Å². The molecular weight excluding hydrogens is 350 g/mol. The van der Waals surface area contributed by atoms with E-state index in [1.165, 1.54) is 31.4 Å². The SMILES string of the molecule is Cc1ccc(S(=O)(=O)NC(C)(C)C)cc1C(=O)NCCN1CCCCC1. The van der Waals surface area contributed by atoms with Crippen molar-refractivity contribution in [2.24, 2.45) is 0 Å². The molecule has 1 aromatic rings. The summed E-state index contributed by atoms with van der Waals surface area (Å²) in [5.41, 5.74) is 0.580. The molecule has 2 N–H and O–H groups in total. The van der Waals surface area contributed by atoms with Crippen LogP contribution in [0.15, 0.2) is 23.1 Å². The van der Waals surface area contributed by atoms with Crippen LogP contribution >= 0.6 is 0 Å². The van der Waals surface area contributed by atoms with Gasteiger partial charge in [0.1, 0.15) is 0 Å². The molecule has 26 heavy (non-hydrogen) atoms. The van der Waals surface area contributed by atoms with Gasteiger partial charge in [0.2, 0.25) is 10.0 Å². The second-order valence-electron chi connectivity index (χ2n) is 7.99. The minimum atomic E-state index is -3.67. The molecule has 146 valence electrons. The number of likely N-dealkylation sites (tertiary alicyclic amines) is 1. The van der Waals surface area contributed by atoms with Gasteiger partial charge in [0.15, 0.2) is 0 Å². The largest absolute Gasteiger partial charge is 0.351 e.